The van der Waals surface area contributed by atoms with Crippen LogP contribution in [0.4, 0.5) is 5.69 Å². The zero-order valence-corrected chi connectivity index (χ0v) is 15.1. The van der Waals surface area contributed by atoms with E-state index in [4.69, 9.17) is 15.2 Å². The SMILES string of the molecule is COc1ccc(COc2cc(O)c3c(c2N)C(=O)c2ccccc2C3=O)cc1. The lowest BCUT2D eigenvalue weighted by molar-refractivity contribution is 0.0977. The monoisotopic (exact) mass is 375 g/mol. The predicted octanol–water partition coefficient (Wildman–Crippen LogP) is 3.34. The second kappa shape index (κ2) is 6.74. The number of ether oxygens (including phenoxy) is 2. The van der Waals surface area contributed by atoms with Crippen LogP contribution in [0.15, 0.2) is 54.6 Å². The molecule has 0 aliphatic heterocycles. The van der Waals surface area contributed by atoms with Crippen molar-refractivity contribution < 1.29 is 24.2 Å². The van der Waals surface area contributed by atoms with Crippen LogP contribution in [0.1, 0.15) is 37.4 Å². The smallest absolute Gasteiger partial charge is 0.198 e. The summed E-state index contributed by atoms with van der Waals surface area (Å²) >= 11 is 0. The van der Waals surface area contributed by atoms with Crippen molar-refractivity contribution in [3.63, 3.8) is 0 Å². The summed E-state index contributed by atoms with van der Waals surface area (Å²) in [6.07, 6.45) is 0. The van der Waals surface area contributed by atoms with Gasteiger partial charge in [0.25, 0.3) is 0 Å². The number of hydrogen-bond acceptors (Lipinski definition) is 6. The number of carbonyl (C=O) groups excluding carboxylic acids is 2. The summed E-state index contributed by atoms with van der Waals surface area (Å²) in [6.45, 7) is 0.172. The molecule has 0 fully saturated rings. The number of ketones is 2. The molecule has 1 aliphatic carbocycles. The van der Waals surface area contributed by atoms with E-state index in [1.807, 2.05) is 12.1 Å². The molecule has 3 aromatic rings. The minimum absolute atomic E-state index is 0.0200. The highest BCUT2D eigenvalue weighted by atomic mass is 16.5. The Bertz CT molecular complexity index is 1100. The van der Waals surface area contributed by atoms with Gasteiger partial charge in [-0.3, -0.25) is 9.59 Å². The number of hydrogen-bond donors (Lipinski definition) is 2. The molecule has 0 spiro atoms. The summed E-state index contributed by atoms with van der Waals surface area (Å²) in [5.74, 6) is -0.309. The van der Waals surface area contributed by atoms with Crippen molar-refractivity contribution in [1.29, 1.82) is 0 Å². The van der Waals surface area contributed by atoms with Gasteiger partial charge >= 0.3 is 0 Å². The molecular weight excluding hydrogens is 358 g/mol. The van der Waals surface area contributed by atoms with Gasteiger partial charge in [-0.05, 0) is 17.7 Å². The molecule has 0 atom stereocenters. The Hall–Kier alpha value is -3.80. The Kier molecular flexibility index (Phi) is 4.24. The quantitative estimate of drug-likeness (QED) is 0.419. The Morgan fingerprint density at radius 3 is 2.14 bits per heavy atom. The number of carbonyl (C=O) groups is 2. The maximum absolute atomic E-state index is 12.9. The highest BCUT2D eigenvalue weighted by Gasteiger charge is 2.35. The number of rotatable bonds is 4. The zero-order valence-electron chi connectivity index (χ0n) is 15.1. The second-order valence-corrected chi connectivity index (χ2v) is 6.40. The molecule has 0 radical (unpaired) electrons. The first-order valence-electron chi connectivity index (χ1n) is 8.61. The molecular formula is C22H17NO5. The summed E-state index contributed by atoms with van der Waals surface area (Å²) in [5, 5.41) is 10.4. The fourth-order valence-electron chi connectivity index (χ4n) is 3.28. The van der Waals surface area contributed by atoms with Crippen LogP contribution < -0.4 is 15.2 Å². The van der Waals surface area contributed by atoms with Crippen LogP contribution in [0.3, 0.4) is 0 Å². The fourth-order valence-corrected chi connectivity index (χ4v) is 3.28. The van der Waals surface area contributed by atoms with Gasteiger partial charge in [0.2, 0.25) is 0 Å². The van der Waals surface area contributed by atoms with Crippen molar-refractivity contribution >= 4 is 17.3 Å². The Labute approximate surface area is 161 Å². The number of benzene rings is 3. The first-order valence-corrected chi connectivity index (χ1v) is 8.61. The number of phenols is 1. The molecule has 0 saturated carbocycles. The van der Waals surface area contributed by atoms with Crippen LogP contribution in [0.2, 0.25) is 0 Å². The minimum atomic E-state index is -0.434. The zero-order chi connectivity index (χ0) is 19.8. The molecule has 0 heterocycles. The fraction of sp³-hybridized carbons (Fsp3) is 0.0909. The largest absolute Gasteiger partial charge is 0.507 e. The maximum atomic E-state index is 12.9. The molecule has 0 saturated heterocycles. The Morgan fingerprint density at radius 2 is 1.54 bits per heavy atom. The normalized spacial score (nSPS) is 12.3. The van der Waals surface area contributed by atoms with Gasteiger partial charge in [0.15, 0.2) is 11.6 Å². The standard InChI is InChI=1S/C22H17NO5/c1-27-13-8-6-12(7-9-13)11-28-17-10-16(24)18-19(20(17)23)22(26)15-5-3-2-4-14(15)21(18)25/h2-10,24H,11,23H2,1H3. The van der Waals surface area contributed by atoms with Crippen molar-refractivity contribution in [2.24, 2.45) is 0 Å². The summed E-state index contributed by atoms with van der Waals surface area (Å²) < 4.78 is 10.8. The molecule has 0 amide bonds. The average Bonchev–Trinajstić information content (AvgIpc) is 2.72. The molecule has 4 rings (SSSR count). The number of nitrogens with two attached hydrogens (primary N) is 1. The average molecular weight is 375 g/mol. The van der Waals surface area contributed by atoms with Gasteiger partial charge in [-0.2, -0.15) is 0 Å². The third-order valence-corrected chi connectivity index (χ3v) is 4.73. The third kappa shape index (κ3) is 2.75. The van der Waals surface area contributed by atoms with E-state index in [1.165, 1.54) is 6.07 Å². The summed E-state index contributed by atoms with van der Waals surface area (Å²) in [6, 6.07) is 15.0. The predicted molar refractivity (Wildman–Crippen MR) is 103 cm³/mol. The van der Waals surface area contributed by atoms with Gasteiger partial charge in [0, 0.05) is 17.2 Å². The van der Waals surface area contributed by atoms with Crippen molar-refractivity contribution in [2.45, 2.75) is 6.61 Å². The molecule has 1 aliphatic rings. The van der Waals surface area contributed by atoms with Gasteiger partial charge in [-0.15, -0.1) is 0 Å². The van der Waals surface area contributed by atoms with Crippen molar-refractivity contribution in [1.82, 2.24) is 0 Å². The minimum Gasteiger partial charge on any atom is -0.507 e. The van der Waals surface area contributed by atoms with Crippen molar-refractivity contribution in [2.75, 3.05) is 12.8 Å². The van der Waals surface area contributed by atoms with Crippen LogP contribution in [0.5, 0.6) is 17.2 Å². The van der Waals surface area contributed by atoms with E-state index in [-0.39, 0.29) is 46.0 Å². The van der Waals surface area contributed by atoms with E-state index in [0.717, 1.165) is 11.3 Å². The van der Waals surface area contributed by atoms with Crippen molar-refractivity contribution in [3.8, 4) is 17.2 Å². The van der Waals surface area contributed by atoms with E-state index in [1.54, 1.807) is 43.5 Å². The Morgan fingerprint density at radius 1 is 0.929 bits per heavy atom. The van der Waals surface area contributed by atoms with E-state index >= 15 is 0 Å². The number of aromatic hydroxyl groups is 1. The lowest BCUT2D eigenvalue weighted by Gasteiger charge is -2.21. The highest BCUT2D eigenvalue weighted by Crippen LogP contribution is 2.41. The van der Waals surface area contributed by atoms with E-state index < -0.39 is 11.6 Å². The van der Waals surface area contributed by atoms with E-state index in [2.05, 4.69) is 0 Å². The molecule has 0 bridgehead atoms. The molecule has 0 unspecified atom stereocenters. The van der Waals surface area contributed by atoms with Crippen LogP contribution in [0.25, 0.3) is 0 Å². The molecule has 28 heavy (non-hydrogen) atoms. The summed E-state index contributed by atoms with van der Waals surface area (Å²) in [4.78, 5) is 25.7. The van der Waals surface area contributed by atoms with Crippen molar-refractivity contribution in [3.05, 3.63) is 82.4 Å². The number of anilines is 1. The molecule has 6 heteroatoms. The molecule has 140 valence electrons. The lowest BCUT2D eigenvalue weighted by atomic mass is 9.82. The van der Waals surface area contributed by atoms with Crippen LogP contribution in [-0.4, -0.2) is 23.8 Å². The maximum Gasteiger partial charge on any atom is 0.198 e. The van der Waals surface area contributed by atoms with Crippen LogP contribution in [-0.2, 0) is 6.61 Å². The topological polar surface area (TPSA) is 98.8 Å². The molecule has 3 aromatic carbocycles. The number of methoxy groups -OCH3 is 1. The summed E-state index contributed by atoms with van der Waals surface area (Å²) in [5.41, 5.74) is 7.46. The molecule has 6 nitrogen and oxygen atoms in total. The Balaban J connectivity index is 1.71. The van der Waals surface area contributed by atoms with Gasteiger partial charge in [0.05, 0.1) is 23.9 Å². The highest BCUT2D eigenvalue weighted by molar-refractivity contribution is 6.31. The van der Waals surface area contributed by atoms with Gasteiger partial charge in [-0.25, -0.2) is 0 Å². The number of phenolic OH excluding ortho intramolecular Hbond substituents is 1. The number of nitrogen functional groups attached to an aromatic ring is 1. The number of fused-ring (bicyclic) bond motifs is 2. The van der Waals surface area contributed by atoms with Gasteiger partial charge in [-0.1, -0.05) is 36.4 Å². The second-order valence-electron chi connectivity index (χ2n) is 6.40. The third-order valence-electron chi connectivity index (χ3n) is 4.73. The van der Waals surface area contributed by atoms with Crippen LogP contribution in [0, 0.1) is 0 Å². The lowest BCUT2D eigenvalue weighted by Crippen LogP contribution is -2.22. The van der Waals surface area contributed by atoms with Gasteiger partial charge in [0.1, 0.15) is 23.9 Å². The van der Waals surface area contributed by atoms with Gasteiger partial charge < -0.3 is 20.3 Å². The molecule has 3 N–H and O–H groups in total. The van der Waals surface area contributed by atoms with E-state index in [9.17, 15) is 14.7 Å². The van der Waals surface area contributed by atoms with Crippen LogP contribution >= 0.6 is 0 Å². The van der Waals surface area contributed by atoms with E-state index in [0.29, 0.717) is 0 Å². The molecule has 0 aromatic heterocycles. The summed E-state index contributed by atoms with van der Waals surface area (Å²) in [7, 11) is 1.58. The first kappa shape index (κ1) is 17.6. The first-order chi connectivity index (χ1) is 13.5.